The summed E-state index contributed by atoms with van der Waals surface area (Å²) >= 11 is 0. The van der Waals surface area contributed by atoms with Crippen molar-refractivity contribution in [3.05, 3.63) is 12.2 Å². The number of aliphatic hydroxyl groups excluding tert-OH is 5. The van der Waals surface area contributed by atoms with Crippen LogP contribution in [0.4, 0.5) is 0 Å². The maximum atomic E-state index is 12.9. The molecule has 2 saturated carbocycles. The molecule has 3 saturated heterocycles. The van der Waals surface area contributed by atoms with Gasteiger partial charge in [0.25, 0.3) is 0 Å². The number of nitrogens with one attached hydrogen (secondary N) is 3. The molecular formula is C43H76N4O11. The van der Waals surface area contributed by atoms with E-state index >= 15 is 0 Å². The van der Waals surface area contributed by atoms with Crippen molar-refractivity contribution in [3.8, 4) is 0 Å². The monoisotopic (exact) mass is 825 g/mol. The molecule has 3 aliphatic carbocycles. The fourth-order valence-electron chi connectivity index (χ4n) is 12.0. The van der Waals surface area contributed by atoms with E-state index in [1.807, 2.05) is 6.08 Å². The Kier molecular flexibility index (Phi) is 16.9. The first-order valence-corrected chi connectivity index (χ1v) is 22.5. The maximum Gasteiger partial charge on any atom is 0.311 e. The van der Waals surface area contributed by atoms with Gasteiger partial charge in [-0.25, -0.2) is 0 Å². The van der Waals surface area contributed by atoms with Gasteiger partial charge in [0.05, 0.1) is 74.3 Å². The standard InChI is InChI=1S/C43H76N4O11/c1-24-10-13-43(31(7-8-32(43)42(53)54)27-11-14-46-39(44)19-27)38(47-24)22-56-37-18-28(17-36(55-3)40(37)52)41-30(12-15-48)34(51)20-29(58-41)6-4-26-5-9-33(50)35(16-26)57-23-45-21-25(2)49/h7-8,24-41,45-52H,4-6,9-23,44H2,1-3H3,(H,53,54). The number of aliphatic carboxylic acids is 1. The van der Waals surface area contributed by atoms with Gasteiger partial charge in [0.1, 0.15) is 6.10 Å². The van der Waals surface area contributed by atoms with Crippen LogP contribution in [0, 0.1) is 40.9 Å². The number of piperidine rings is 2. The number of hydrogen-bond acceptors (Lipinski definition) is 14. The molecule has 0 aromatic carbocycles. The molecule has 1 spiro atoms. The van der Waals surface area contributed by atoms with E-state index in [1.165, 1.54) is 0 Å². The summed E-state index contributed by atoms with van der Waals surface area (Å²) in [4.78, 5) is 12.9. The van der Waals surface area contributed by atoms with Crippen LogP contribution in [-0.2, 0) is 23.7 Å². The van der Waals surface area contributed by atoms with Crippen LogP contribution in [0.2, 0.25) is 0 Å². The van der Waals surface area contributed by atoms with Gasteiger partial charge in [0.15, 0.2) is 0 Å². The summed E-state index contributed by atoms with van der Waals surface area (Å²) in [6.45, 7) is 5.46. The maximum absolute atomic E-state index is 12.9. The minimum Gasteiger partial charge on any atom is -0.481 e. The van der Waals surface area contributed by atoms with Crippen LogP contribution < -0.4 is 21.7 Å². The van der Waals surface area contributed by atoms with Crippen molar-refractivity contribution in [1.29, 1.82) is 0 Å². The third-order valence-electron chi connectivity index (χ3n) is 15.0. The predicted molar refractivity (Wildman–Crippen MR) is 216 cm³/mol. The number of ether oxygens (including phenoxy) is 4. The SMILES string of the molecule is COC1CC(C2OC(CCC3CCC(O)C(OCNCC(C)O)C3)CC(O)C2CCO)CC(OCC2NC(C)CCC23C(C(=O)O)C=CC3C2CCNC(N)C2)C1O. The Morgan fingerprint density at radius 2 is 1.76 bits per heavy atom. The van der Waals surface area contributed by atoms with Crippen LogP contribution in [0.1, 0.15) is 97.3 Å². The van der Waals surface area contributed by atoms with Gasteiger partial charge in [0.2, 0.25) is 0 Å². The number of allylic oxidation sites excluding steroid dienone is 1. The van der Waals surface area contributed by atoms with Crippen molar-refractivity contribution in [2.75, 3.05) is 40.1 Å². The summed E-state index contributed by atoms with van der Waals surface area (Å²) in [7, 11) is 1.59. The number of carbonyl (C=O) groups is 1. The number of hydrogen-bond donors (Lipinski definition) is 10. The van der Waals surface area contributed by atoms with Gasteiger partial charge in [-0.3, -0.25) is 10.1 Å². The van der Waals surface area contributed by atoms with Crippen LogP contribution in [0.3, 0.4) is 0 Å². The number of carboxylic acid groups (broad SMARTS) is 1. The fourth-order valence-corrected chi connectivity index (χ4v) is 12.0. The smallest absolute Gasteiger partial charge is 0.311 e. The highest BCUT2D eigenvalue weighted by Crippen LogP contribution is 2.56. The van der Waals surface area contributed by atoms with Crippen LogP contribution in [0.5, 0.6) is 0 Å². The molecule has 11 N–H and O–H groups in total. The van der Waals surface area contributed by atoms with Gasteiger partial charge < -0.3 is 66.0 Å². The fraction of sp³-hybridized carbons (Fsp3) is 0.930. The Bertz CT molecular complexity index is 1310. The summed E-state index contributed by atoms with van der Waals surface area (Å²) < 4.78 is 25.5. The molecule has 0 bridgehead atoms. The quantitative estimate of drug-likeness (QED) is 0.0564. The molecule has 3 heterocycles. The summed E-state index contributed by atoms with van der Waals surface area (Å²) in [5, 5.41) is 74.3. The largest absolute Gasteiger partial charge is 0.481 e. The number of aliphatic hydroxyl groups is 5. The molecule has 0 aromatic rings. The lowest BCUT2D eigenvalue weighted by Gasteiger charge is -2.53. The zero-order valence-corrected chi connectivity index (χ0v) is 35.1. The zero-order valence-electron chi connectivity index (χ0n) is 35.1. The second kappa shape index (κ2) is 21.2. The number of methoxy groups -OCH3 is 1. The molecule has 15 heteroatoms. The van der Waals surface area contributed by atoms with Gasteiger partial charge in [-0.05, 0) is 128 Å². The third kappa shape index (κ3) is 10.8. The summed E-state index contributed by atoms with van der Waals surface area (Å²) in [6, 6.07) is -0.105. The molecule has 6 aliphatic rings. The number of rotatable bonds is 17. The molecule has 0 amide bonds. The third-order valence-corrected chi connectivity index (χ3v) is 15.0. The number of nitrogens with two attached hydrogens (primary N) is 1. The molecule has 19 unspecified atom stereocenters. The summed E-state index contributed by atoms with van der Waals surface area (Å²) in [5.74, 6) is -1.32. The van der Waals surface area contributed by atoms with Gasteiger partial charge in [-0.15, -0.1) is 0 Å². The van der Waals surface area contributed by atoms with E-state index in [0.717, 1.165) is 57.9 Å². The van der Waals surface area contributed by atoms with Gasteiger partial charge >= 0.3 is 5.97 Å². The van der Waals surface area contributed by atoms with E-state index in [1.54, 1.807) is 14.0 Å². The minimum atomic E-state index is -0.909. The van der Waals surface area contributed by atoms with Crippen LogP contribution >= 0.6 is 0 Å². The molecule has 3 aliphatic heterocycles. The first-order valence-electron chi connectivity index (χ1n) is 22.5. The van der Waals surface area contributed by atoms with Crippen LogP contribution in [0.25, 0.3) is 0 Å². The van der Waals surface area contributed by atoms with Crippen molar-refractivity contribution in [1.82, 2.24) is 16.0 Å². The lowest BCUT2D eigenvalue weighted by atomic mass is 9.57. The van der Waals surface area contributed by atoms with E-state index in [2.05, 4.69) is 29.0 Å². The predicted octanol–water partition coefficient (Wildman–Crippen LogP) is 1.23. The van der Waals surface area contributed by atoms with E-state index in [4.69, 9.17) is 24.7 Å². The second-order valence-electron chi connectivity index (χ2n) is 18.9. The van der Waals surface area contributed by atoms with Crippen molar-refractivity contribution >= 4 is 5.97 Å². The lowest BCUT2D eigenvalue weighted by Crippen LogP contribution is -2.63. The Morgan fingerprint density at radius 3 is 2.48 bits per heavy atom. The Morgan fingerprint density at radius 1 is 0.966 bits per heavy atom. The van der Waals surface area contributed by atoms with E-state index in [-0.39, 0.29) is 80.2 Å². The van der Waals surface area contributed by atoms with E-state index in [9.17, 15) is 35.4 Å². The lowest BCUT2D eigenvalue weighted by molar-refractivity contribution is -0.201. The first-order chi connectivity index (χ1) is 27.8. The minimum absolute atomic E-state index is 0.0225. The highest BCUT2D eigenvalue weighted by molar-refractivity contribution is 5.74. The second-order valence-corrected chi connectivity index (χ2v) is 18.9. The summed E-state index contributed by atoms with van der Waals surface area (Å²) in [5.41, 5.74) is 5.77. The highest BCUT2D eigenvalue weighted by atomic mass is 16.5. The average Bonchev–Trinajstić information content (AvgIpc) is 3.58. The normalized spacial score (nSPS) is 45.4. The molecule has 6 rings (SSSR count). The molecule has 15 nitrogen and oxygen atoms in total. The summed E-state index contributed by atoms with van der Waals surface area (Å²) in [6.07, 6.45) is 8.30. The molecule has 0 radical (unpaired) electrons. The van der Waals surface area contributed by atoms with Gasteiger partial charge in [-0.2, -0.15) is 0 Å². The molecule has 5 fully saturated rings. The Hall–Kier alpha value is -1.31. The highest BCUT2D eigenvalue weighted by Gasteiger charge is 2.59. The van der Waals surface area contributed by atoms with Crippen LogP contribution in [0.15, 0.2) is 12.2 Å². The number of carboxylic acids is 1. The Balaban J connectivity index is 1.13. The van der Waals surface area contributed by atoms with Crippen molar-refractivity contribution in [3.63, 3.8) is 0 Å². The van der Waals surface area contributed by atoms with E-state index < -0.39 is 53.9 Å². The topological polar surface area (TPSA) is 237 Å². The average molecular weight is 825 g/mol. The molecule has 334 valence electrons. The molecular weight excluding hydrogens is 748 g/mol. The van der Waals surface area contributed by atoms with Crippen LogP contribution in [-0.4, -0.2) is 150 Å². The van der Waals surface area contributed by atoms with Gasteiger partial charge in [-0.1, -0.05) is 12.2 Å². The van der Waals surface area contributed by atoms with Crippen molar-refractivity contribution in [2.24, 2.45) is 46.7 Å². The molecule has 19 atom stereocenters. The molecule has 58 heavy (non-hydrogen) atoms. The van der Waals surface area contributed by atoms with E-state index in [0.29, 0.717) is 44.6 Å². The van der Waals surface area contributed by atoms with Crippen molar-refractivity contribution in [2.45, 2.75) is 171 Å². The Labute approximate surface area is 345 Å². The van der Waals surface area contributed by atoms with Gasteiger partial charge in [0, 0.05) is 43.7 Å². The first kappa shape index (κ1) is 46.2. The zero-order chi connectivity index (χ0) is 41.6. The molecule has 0 aromatic heterocycles. The van der Waals surface area contributed by atoms with Crippen molar-refractivity contribution < 1.29 is 54.4 Å².